The summed E-state index contributed by atoms with van der Waals surface area (Å²) < 4.78 is 0. The molecule has 3 N–H and O–H groups in total. The summed E-state index contributed by atoms with van der Waals surface area (Å²) in [7, 11) is 0. The van der Waals surface area contributed by atoms with Crippen LogP contribution in [0.3, 0.4) is 0 Å². The Balaban J connectivity index is 2.21. The number of nitrogens with zero attached hydrogens (tertiary/aromatic N) is 1. The molecule has 1 aromatic heterocycles. The second-order valence-corrected chi connectivity index (χ2v) is 2.71. The highest BCUT2D eigenvalue weighted by Crippen LogP contribution is 2.17. The second-order valence-electron chi connectivity index (χ2n) is 2.71. The van der Waals surface area contributed by atoms with E-state index in [1.165, 1.54) is 0 Å². The Kier molecular flexibility index (Phi) is 1.50. The summed E-state index contributed by atoms with van der Waals surface area (Å²) in [6.07, 6.45) is 2.21. The molecule has 0 spiro atoms. The molecule has 1 unspecified atom stereocenters. The Bertz CT molecular complexity index is 283. The lowest BCUT2D eigenvalue weighted by Crippen LogP contribution is -2.15. The highest BCUT2D eigenvalue weighted by atomic mass is 16.1. The number of H-pyrrole nitrogens is 2. The number of aromatic nitrogens is 3. The van der Waals surface area contributed by atoms with Crippen LogP contribution < -0.4 is 11.0 Å². The van der Waals surface area contributed by atoms with Crippen molar-refractivity contribution in [1.29, 1.82) is 0 Å². The van der Waals surface area contributed by atoms with Gasteiger partial charge in [-0.15, -0.1) is 0 Å². The van der Waals surface area contributed by atoms with Gasteiger partial charge < -0.3 is 5.32 Å². The van der Waals surface area contributed by atoms with E-state index in [2.05, 4.69) is 20.5 Å². The van der Waals surface area contributed by atoms with Crippen LogP contribution in [0.2, 0.25) is 0 Å². The van der Waals surface area contributed by atoms with Crippen molar-refractivity contribution in [3.63, 3.8) is 0 Å². The van der Waals surface area contributed by atoms with Crippen LogP contribution in [0.4, 0.5) is 0 Å². The minimum atomic E-state index is -0.228. The monoisotopic (exact) mass is 154 g/mol. The van der Waals surface area contributed by atoms with Crippen molar-refractivity contribution in [2.75, 3.05) is 6.54 Å². The topological polar surface area (TPSA) is 73.6 Å². The molecule has 0 bridgehead atoms. The molecule has 5 heteroatoms. The van der Waals surface area contributed by atoms with Gasteiger partial charge in [-0.1, -0.05) is 0 Å². The highest BCUT2D eigenvalue weighted by molar-refractivity contribution is 4.94. The van der Waals surface area contributed by atoms with E-state index in [-0.39, 0.29) is 11.7 Å². The van der Waals surface area contributed by atoms with Gasteiger partial charge in [0.05, 0.1) is 6.04 Å². The van der Waals surface area contributed by atoms with Gasteiger partial charge in [-0.2, -0.15) is 5.10 Å². The summed E-state index contributed by atoms with van der Waals surface area (Å²) in [6.45, 7) is 1.01. The average Bonchev–Trinajstić information content (AvgIpc) is 2.55. The van der Waals surface area contributed by atoms with Gasteiger partial charge in [0.1, 0.15) is 5.82 Å². The number of rotatable bonds is 1. The van der Waals surface area contributed by atoms with Crippen molar-refractivity contribution >= 4 is 0 Å². The molecule has 0 aliphatic carbocycles. The molecule has 1 atom stereocenters. The molecule has 0 radical (unpaired) electrons. The summed E-state index contributed by atoms with van der Waals surface area (Å²) >= 11 is 0. The predicted molar refractivity (Wildman–Crippen MR) is 39.2 cm³/mol. The molecule has 1 fully saturated rings. The van der Waals surface area contributed by atoms with Crippen molar-refractivity contribution in [3.8, 4) is 0 Å². The van der Waals surface area contributed by atoms with E-state index >= 15 is 0 Å². The summed E-state index contributed by atoms with van der Waals surface area (Å²) in [6, 6.07) is 0.244. The fourth-order valence-corrected chi connectivity index (χ4v) is 1.37. The predicted octanol–water partition coefficient (Wildman–Crippen LogP) is -0.478. The second kappa shape index (κ2) is 2.50. The molecule has 1 aromatic rings. The molecule has 1 aliphatic heterocycles. The molecule has 11 heavy (non-hydrogen) atoms. The number of aromatic amines is 2. The van der Waals surface area contributed by atoms with E-state index in [0.717, 1.165) is 25.2 Å². The first-order chi connectivity index (χ1) is 5.36. The lowest BCUT2D eigenvalue weighted by Gasteiger charge is -2.02. The maximum Gasteiger partial charge on any atom is 0.340 e. The fraction of sp³-hybridized carbons (Fsp3) is 0.667. The lowest BCUT2D eigenvalue weighted by atomic mass is 10.2. The smallest absolute Gasteiger partial charge is 0.307 e. The molecule has 1 saturated heterocycles. The van der Waals surface area contributed by atoms with Crippen LogP contribution in [0.15, 0.2) is 4.79 Å². The van der Waals surface area contributed by atoms with Crippen LogP contribution in [0.5, 0.6) is 0 Å². The Morgan fingerprint density at radius 1 is 1.55 bits per heavy atom. The van der Waals surface area contributed by atoms with Gasteiger partial charge in [-0.25, -0.2) is 9.89 Å². The third-order valence-electron chi connectivity index (χ3n) is 1.91. The molecule has 60 valence electrons. The zero-order valence-corrected chi connectivity index (χ0v) is 6.05. The van der Waals surface area contributed by atoms with Crippen molar-refractivity contribution in [2.24, 2.45) is 0 Å². The van der Waals surface area contributed by atoms with E-state index in [1.807, 2.05) is 0 Å². The van der Waals surface area contributed by atoms with E-state index in [0.29, 0.717) is 0 Å². The van der Waals surface area contributed by atoms with Gasteiger partial charge in [0.25, 0.3) is 0 Å². The molecule has 1 aliphatic rings. The van der Waals surface area contributed by atoms with Gasteiger partial charge in [-0.05, 0) is 19.4 Å². The Morgan fingerprint density at radius 3 is 3.00 bits per heavy atom. The van der Waals surface area contributed by atoms with Gasteiger partial charge in [-0.3, -0.25) is 4.98 Å². The zero-order chi connectivity index (χ0) is 7.68. The first kappa shape index (κ1) is 6.60. The number of hydrogen-bond acceptors (Lipinski definition) is 3. The summed E-state index contributed by atoms with van der Waals surface area (Å²) in [5, 5.41) is 9.42. The van der Waals surface area contributed by atoms with Crippen molar-refractivity contribution in [3.05, 3.63) is 16.3 Å². The zero-order valence-electron chi connectivity index (χ0n) is 6.05. The minimum Gasteiger partial charge on any atom is -0.307 e. The molecule has 0 amide bonds. The molecule has 0 aromatic carbocycles. The van der Waals surface area contributed by atoms with Crippen molar-refractivity contribution in [1.82, 2.24) is 20.5 Å². The third kappa shape index (κ3) is 1.19. The molecular formula is C6H10N4O. The van der Waals surface area contributed by atoms with Crippen molar-refractivity contribution in [2.45, 2.75) is 18.9 Å². The van der Waals surface area contributed by atoms with E-state index in [4.69, 9.17) is 0 Å². The Hall–Kier alpha value is -1.10. The van der Waals surface area contributed by atoms with Crippen molar-refractivity contribution < 1.29 is 0 Å². The molecule has 5 nitrogen and oxygen atoms in total. The van der Waals surface area contributed by atoms with Crippen LogP contribution in [0, 0.1) is 0 Å². The van der Waals surface area contributed by atoms with Gasteiger partial charge in [0, 0.05) is 0 Å². The van der Waals surface area contributed by atoms with E-state index in [9.17, 15) is 4.79 Å². The largest absolute Gasteiger partial charge is 0.340 e. The van der Waals surface area contributed by atoms with Crippen LogP contribution in [0.25, 0.3) is 0 Å². The maximum absolute atomic E-state index is 10.6. The maximum atomic E-state index is 10.6. The first-order valence-corrected chi connectivity index (χ1v) is 3.74. The third-order valence-corrected chi connectivity index (χ3v) is 1.91. The molecule has 2 rings (SSSR count). The average molecular weight is 154 g/mol. The summed E-state index contributed by atoms with van der Waals surface area (Å²) in [5.41, 5.74) is -0.228. The molecular weight excluding hydrogens is 144 g/mol. The van der Waals surface area contributed by atoms with E-state index < -0.39 is 0 Å². The van der Waals surface area contributed by atoms with Gasteiger partial charge >= 0.3 is 5.69 Å². The van der Waals surface area contributed by atoms with Crippen LogP contribution in [-0.2, 0) is 0 Å². The van der Waals surface area contributed by atoms with Gasteiger partial charge in [0.2, 0.25) is 0 Å². The highest BCUT2D eigenvalue weighted by Gasteiger charge is 2.18. The lowest BCUT2D eigenvalue weighted by molar-refractivity contribution is 0.607. The van der Waals surface area contributed by atoms with Gasteiger partial charge in [0.15, 0.2) is 0 Å². The first-order valence-electron chi connectivity index (χ1n) is 3.74. The minimum absolute atomic E-state index is 0.228. The Labute approximate surface area is 63.2 Å². The molecule has 2 heterocycles. The number of hydrogen-bond donors (Lipinski definition) is 3. The van der Waals surface area contributed by atoms with E-state index in [1.54, 1.807) is 0 Å². The normalized spacial score (nSPS) is 24.2. The van der Waals surface area contributed by atoms with Crippen LogP contribution in [-0.4, -0.2) is 21.7 Å². The SMILES string of the molecule is O=c1[nH]nc(C2CCCN2)[nH]1. The fourth-order valence-electron chi connectivity index (χ4n) is 1.37. The van der Waals surface area contributed by atoms with Crippen LogP contribution >= 0.6 is 0 Å². The summed E-state index contributed by atoms with van der Waals surface area (Å²) in [5.74, 6) is 0.729. The Morgan fingerprint density at radius 2 is 2.45 bits per heavy atom. The van der Waals surface area contributed by atoms with Crippen LogP contribution in [0.1, 0.15) is 24.7 Å². The standard InChI is InChI=1S/C6H10N4O/c11-6-8-5(9-10-6)4-2-1-3-7-4/h4,7H,1-3H2,(H2,8,9,10,11). The molecule has 0 saturated carbocycles. The summed E-state index contributed by atoms with van der Waals surface area (Å²) in [4.78, 5) is 13.3. The number of nitrogens with one attached hydrogen (secondary N) is 3. The quantitative estimate of drug-likeness (QED) is 0.511.